The number of hydrogen-bond acceptors (Lipinski definition) is 6. The van der Waals surface area contributed by atoms with Gasteiger partial charge in [0, 0.05) is 11.7 Å². The standard InChI is InChI=1S/C26H31N3O5S2/c1-3-36(33,34)21-12-9-18(10-13-21)15-24(30)27-20-11-14-22-23(16-20)35-26(32)29(22)17(2)25(31)28-19-7-5-4-6-8-19/h9-14,16-17,19H,3-8,15H2,1-2H3,(H,27,30)(H,28,31). The number of fused-ring (bicyclic) bond motifs is 1. The Morgan fingerprint density at radius 1 is 1.08 bits per heavy atom. The van der Waals surface area contributed by atoms with Crippen molar-refractivity contribution in [1.29, 1.82) is 0 Å². The van der Waals surface area contributed by atoms with Gasteiger partial charge < -0.3 is 10.6 Å². The van der Waals surface area contributed by atoms with E-state index in [-0.39, 0.29) is 39.8 Å². The summed E-state index contributed by atoms with van der Waals surface area (Å²) in [4.78, 5) is 38.2. The molecule has 0 bridgehead atoms. The molecular weight excluding hydrogens is 498 g/mol. The van der Waals surface area contributed by atoms with Crippen molar-refractivity contribution in [3.05, 3.63) is 57.7 Å². The predicted molar refractivity (Wildman–Crippen MR) is 142 cm³/mol. The van der Waals surface area contributed by atoms with E-state index in [0.717, 1.165) is 37.0 Å². The third-order valence-corrected chi connectivity index (χ3v) is 9.31. The second-order valence-corrected chi connectivity index (χ2v) is 12.5. The van der Waals surface area contributed by atoms with Crippen molar-refractivity contribution in [3.8, 4) is 0 Å². The van der Waals surface area contributed by atoms with E-state index in [1.165, 1.54) is 23.1 Å². The summed E-state index contributed by atoms with van der Waals surface area (Å²) in [6.07, 6.45) is 5.46. The van der Waals surface area contributed by atoms with Crippen LogP contribution in [-0.2, 0) is 25.8 Å². The third-order valence-electron chi connectivity index (χ3n) is 6.64. The summed E-state index contributed by atoms with van der Waals surface area (Å²) < 4.78 is 26.1. The molecule has 192 valence electrons. The largest absolute Gasteiger partial charge is 0.352 e. The van der Waals surface area contributed by atoms with Gasteiger partial charge in [-0.15, -0.1) is 0 Å². The Kier molecular flexibility index (Phi) is 7.94. The number of thiazole rings is 1. The number of carbonyl (C=O) groups is 2. The minimum absolute atomic E-state index is 0.0209. The second-order valence-electron chi connectivity index (χ2n) is 9.21. The van der Waals surface area contributed by atoms with Crippen molar-refractivity contribution in [2.24, 2.45) is 0 Å². The zero-order valence-electron chi connectivity index (χ0n) is 20.5. The zero-order valence-corrected chi connectivity index (χ0v) is 22.1. The monoisotopic (exact) mass is 529 g/mol. The van der Waals surface area contributed by atoms with E-state index in [2.05, 4.69) is 10.6 Å². The van der Waals surface area contributed by atoms with E-state index in [1.807, 2.05) is 0 Å². The highest BCUT2D eigenvalue weighted by molar-refractivity contribution is 7.91. The molecular formula is C26H31N3O5S2. The average Bonchev–Trinajstić information content (AvgIpc) is 3.19. The van der Waals surface area contributed by atoms with E-state index >= 15 is 0 Å². The van der Waals surface area contributed by atoms with E-state index in [4.69, 9.17) is 0 Å². The van der Waals surface area contributed by atoms with Crippen molar-refractivity contribution >= 4 is 48.9 Å². The van der Waals surface area contributed by atoms with Crippen LogP contribution in [-0.4, -0.2) is 36.6 Å². The number of aromatic nitrogens is 1. The van der Waals surface area contributed by atoms with Gasteiger partial charge >= 0.3 is 4.87 Å². The number of nitrogens with one attached hydrogen (secondary N) is 2. The van der Waals surface area contributed by atoms with Crippen LogP contribution in [0.25, 0.3) is 10.2 Å². The fraction of sp³-hybridized carbons (Fsp3) is 0.423. The van der Waals surface area contributed by atoms with Crippen LogP contribution in [0.5, 0.6) is 0 Å². The lowest BCUT2D eigenvalue weighted by atomic mass is 9.95. The molecule has 1 heterocycles. The molecule has 1 atom stereocenters. The zero-order chi connectivity index (χ0) is 25.9. The highest BCUT2D eigenvalue weighted by Crippen LogP contribution is 2.25. The smallest absolute Gasteiger partial charge is 0.308 e. The molecule has 10 heteroatoms. The van der Waals surface area contributed by atoms with E-state index in [1.54, 1.807) is 44.2 Å². The van der Waals surface area contributed by atoms with Gasteiger partial charge in [-0.2, -0.15) is 0 Å². The third kappa shape index (κ3) is 5.87. The van der Waals surface area contributed by atoms with Crippen molar-refractivity contribution in [2.45, 2.75) is 69.4 Å². The molecule has 2 aromatic carbocycles. The molecule has 2 amide bonds. The Labute approximate surface area is 214 Å². The Hall–Kier alpha value is -2.98. The average molecular weight is 530 g/mol. The predicted octanol–water partition coefficient (Wildman–Crippen LogP) is 4.05. The number of benzene rings is 2. The van der Waals surface area contributed by atoms with Crippen molar-refractivity contribution in [1.82, 2.24) is 9.88 Å². The highest BCUT2D eigenvalue weighted by Gasteiger charge is 2.24. The van der Waals surface area contributed by atoms with Crippen molar-refractivity contribution in [2.75, 3.05) is 11.1 Å². The lowest BCUT2D eigenvalue weighted by Gasteiger charge is -2.24. The molecule has 3 aromatic rings. The Morgan fingerprint density at radius 2 is 1.78 bits per heavy atom. The van der Waals surface area contributed by atoms with Crippen molar-refractivity contribution < 1.29 is 18.0 Å². The maximum atomic E-state index is 12.8. The van der Waals surface area contributed by atoms with Crippen LogP contribution in [0.4, 0.5) is 5.69 Å². The van der Waals surface area contributed by atoms with E-state index < -0.39 is 15.9 Å². The molecule has 1 aromatic heterocycles. The lowest BCUT2D eigenvalue weighted by molar-refractivity contribution is -0.124. The van der Waals surface area contributed by atoms with E-state index in [0.29, 0.717) is 21.5 Å². The molecule has 0 saturated heterocycles. The van der Waals surface area contributed by atoms with Gasteiger partial charge in [0.1, 0.15) is 6.04 Å². The SMILES string of the molecule is CCS(=O)(=O)c1ccc(CC(=O)Nc2ccc3c(c2)sc(=O)n3C(C)C(=O)NC2CCCCC2)cc1. The molecule has 2 N–H and O–H groups in total. The topological polar surface area (TPSA) is 114 Å². The van der Waals surface area contributed by atoms with Gasteiger partial charge in [0.05, 0.1) is 27.3 Å². The van der Waals surface area contributed by atoms with Crippen molar-refractivity contribution in [3.63, 3.8) is 0 Å². The maximum absolute atomic E-state index is 12.8. The normalized spacial score (nSPS) is 15.5. The van der Waals surface area contributed by atoms with Gasteiger partial charge in [-0.25, -0.2) is 8.42 Å². The Morgan fingerprint density at radius 3 is 2.44 bits per heavy atom. The molecule has 1 aliphatic rings. The number of anilines is 1. The number of hydrogen-bond donors (Lipinski definition) is 2. The van der Waals surface area contributed by atoms with Crippen LogP contribution < -0.4 is 15.5 Å². The van der Waals surface area contributed by atoms with Gasteiger partial charge in [-0.3, -0.25) is 19.0 Å². The number of sulfone groups is 1. The fourth-order valence-corrected chi connectivity index (χ4v) is 6.42. The first kappa shape index (κ1) is 26.1. The van der Waals surface area contributed by atoms with Crippen LogP contribution in [0.15, 0.2) is 52.2 Å². The number of rotatable bonds is 8. The van der Waals surface area contributed by atoms with Crippen LogP contribution in [0.1, 0.15) is 57.6 Å². The molecule has 0 radical (unpaired) electrons. The van der Waals surface area contributed by atoms with Gasteiger partial charge in [-0.05, 0) is 55.7 Å². The summed E-state index contributed by atoms with van der Waals surface area (Å²) in [6.45, 7) is 3.32. The molecule has 1 saturated carbocycles. The quantitative estimate of drug-likeness (QED) is 0.457. The van der Waals surface area contributed by atoms with Gasteiger partial charge in [-0.1, -0.05) is 49.7 Å². The van der Waals surface area contributed by atoms with Gasteiger partial charge in [0.15, 0.2) is 9.84 Å². The molecule has 1 aliphatic carbocycles. The summed E-state index contributed by atoms with van der Waals surface area (Å²) in [7, 11) is -3.29. The minimum atomic E-state index is -3.29. The number of amides is 2. The lowest BCUT2D eigenvalue weighted by Crippen LogP contribution is -2.41. The number of carbonyl (C=O) groups excluding carboxylic acids is 2. The molecule has 0 spiro atoms. The number of nitrogens with zero attached hydrogens (tertiary/aromatic N) is 1. The van der Waals surface area contributed by atoms with Crippen LogP contribution in [0.2, 0.25) is 0 Å². The first-order valence-electron chi connectivity index (χ1n) is 12.2. The summed E-state index contributed by atoms with van der Waals surface area (Å²) in [5, 5.41) is 5.92. The van der Waals surface area contributed by atoms with Crippen LogP contribution >= 0.6 is 11.3 Å². The molecule has 36 heavy (non-hydrogen) atoms. The first-order chi connectivity index (χ1) is 17.2. The maximum Gasteiger partial charge on any atom is 0.308 e. The molecule has 8 nitrogen and oxygen atoms in total. The first-order valence-corrected chi connectivity index (χ1v) is 14.7. The molecule has 0 aliphatic heterocycles. The molecule has 1 unspecified atom stereocenters. The summed E-state index contributed by atoms with van der Waals surface area (Å²) >= 11 is 1.04. The summed E-state index contributed by atoms with van der Waals surface area (Å²) in [5.41, 5.74) is 1.89. The van der Waals surface area contributed by atoms with Crippen LogP contribution in [0.3, 0.4) is 0 Å². The Balaban J connectivity index is 1.44. The Bertz CT molecular complexity index is 1420. The fourth-order valence-electron chi connectivity index (χ4n) is 4.54. The molecule has 1 fully saturated rings. The van der Waals surface area contributed by atoms with Gasteiger partial charge in [0.2, 0.25) is 11.8 Å². The second kappa shape index (κ2) is 11.0. The molecule has 4 rings (SSSR count). The van der Waals surface area contributed by atoms with Crippen LogP contribution in [0, 0.1) is 0 Å². The summed E-state index contributed by atoms with van der Waals surface area (Å²) in [6, 6.07) is 11.0. The van der Waals surface area contributed by atoms with E-state index in [9.17, 15) is 22.8 Å². The van der Waals surface area contributed by atoms with Gasteiger partial charge in [0.25, 0.3) is 0 Å². The summed E-state index contributed by atoms with van der Waals surface area (Å²) in [5.74, 6) is -0.390. The highest BCUT2D eigenvalue weighted by atomic mass is 32.2. The minimum Gasteiger partial charge on any atom is -0.352 e.